The first-order chi connectivity index (χ1) is 21.6. The lowest BCUT2D eigenvalue weighted by Crippen LogP contribution is -2.78. The van der Waals surface area contributed by atoms with Crippen LogP contribution in [0, 0.1) is 23.3 Å². The summed E-state index contributed by atoms with van der Waals surface area (Å²) in [6.45, 7) is 0. The monoisotopic (exact) mass is 848 g/mol. The third kappa shape index (κ3) is 5.49. The van der Waals surface area contributed by atoms with Crippen LogP contribution in [0.15, 0.2) is 4.90 Å². The minimum atomic E-state index is -9.98. The molecule has 33 heteroatoms. The Morgan fingerprint density at radius 3 is 0.784 bits per heavy atom. The average molecular weight is 848 g/mol. The molecule has 0 saturated carbocycles. The molecule has 0 spiro atoms. The van der Waals surface area contributed by atoms with Crippen LogP contribution >= 0.6 is 0 Å². The third-order valence-corrected chi connectivity index (χ3v) is 6.99. The van der Waals surface area contributed by atoms with Crippen molar-refractivity contribution < 1.29 is 140 Å². The molecule has 0 aliphatic carbocycles. The number of alkyl halides is 25. The van der Waals surface area contributed by atoms with Crippen LogP contribution in [0.4, 0.5) is 127 Å². The Bertz CT molecular complexity index is 1640. The molecule has 0 bridgehead atoms. The maximum atomic E-state index is 14.4. The van der Waals surface area contributed by atoms with Crippen LogP contribution in [-0.2, 0) is 16.0 Å². The summed E-state index contributed by atoms with van der Waals surface area (Å²) in [4.78, 5) is -4.23. The van der Waals surface area contributed by atoms with Crippen molar-refractivity contribution in [2.45, 2.75) is 76.2 Å². The highest BCUT2D eigenvalue weighted by molar-refractivity contribution is 7.85. The summed E-state index contributed by atoms with van der Waals surface area (Å²) in [5.41, 5.74) is -4.86. The molecular formula is C18HF29O3S. The van der Waals surface area contributed by atoms with Gasteiger partial charge < -0.3 is 0 Å². The Kier molecular flexibility index (Phi) is 10.4. The van der Waals surface area contributed by atoms with Crippen LogP contribution in [0.1, 0.15) is 5.56 Å². The topological polar surface area (TPSA) is 54.4 Å². The molecule has 1 N–H and O–H groups in total. The molecule has 0 saturated heterocycles. The number of halogens is 29. The molecule has 300 valence electrons. The SMILES string of the molecule is O=S(=O)(O)c1c(F)c(F)c(F)c(F)c1C(F)(F)C(F)(F)C(F)(F)C(F)(F)C(F)(F)C(F)(F)C(F)(F)C(F)(F)C(F)(F)C(F)(F)C(F)(F)C(F)(F)F. The summed E-state index contributed by atoms with van der Waals surface area (Å²) in [5, 5.41) is 0. The van der Waals surface area contributed by atoms with Crippen molar-refractivity contribution in [2.75, 3.05) is 0 Å². The fourth-order valence-corrected chi connectivity index (χ4v) is 4.04. The second-order valence-corrected chi connectivity index (χ2v) is 10.6. The number of hydrogen-bond donors (Lipinski definition) is 1. The second kappa shape index (κ2) is 11.5. The molecule has 0 aromatic heterocycles. The van der Waals surface area contributed by atoms with Gasteiger partial charge in [0.25, 0.3) is 10.1 Å². The first-order valence-corrected chi connectivity index (χ1v) is 12.1. The summed E-state index contributed by atoms with van der Waals surface area (Å²) < 4.78 is 424. The molecular weight excluding hydrogens is 847 g/mol. The van der Waals surface area contributed by atoms with Gasteiger partial charge in [-0.2, -0.15) is 118 Å². The van der Waals surface area contributed by atoms with Crippen molar-refractivity contribution in [1.82, 2.24) is 0 Å². The molecule has 0 fully saturated rings. The predicted molar refractivity (Wildman–Crippen MR) is 95.5 cm³/mol. The van der Waals surface area contributed by atoms with Crippen molar-refractivity contribution in [3.63, 3.8) is 0 Å². The lowest BCUT2D eigenvalue weighted by molar-refractivity contribution is -0.482. The Labute approximate surface area is 256 Å². The molecule has 1 aromatic rings. The van der Waals surface area contributed by atoms with Gasteiger partial charge in [0.1, 0.15) is 4.90 Å². The fourth-order valence-electron chi connectivity index (χ4n) is 3.24. The normalized spacial score (nSPS) is 16.2. The van der Waals surface area contributed by atoms with Gasteiger partial charge in [0.2, 0.25) is 0 Å². The van der Waals surface area contributed by atoms with E-state index < -0.39 is 115 Å². The first kappa shape index (κ1) is 46.1. The van der Waals surface area contributed by atoms with Gasteiger partial charge in [-0.15, -0.1) is 0 Å². The van der Waals surface area contributed by atoms with Gasteiger partial charge >= 0.3 is 71.3 Å². The van der Waals surface area contributed by atoms with Gasteiger partial charge in [0, 0.05) is 0 Å². The Morgan fingerprint density at radius 1 is 0.333 bits per heavy atom. The zero-order valence-corrected chi connectivity index (χ0v) is 22.4. The summed E-state index contributed by atoms with van der Waals surface area (Å²) in [6, 6.07) is 0. The average Bonchev–Trinajstić information content (AvgIpc) is 2.90. The van der Waals surface area contributed by atoms with E-state index in [-0.39, 0.29) is 0 Å². The maximum absolute atomic E-state index is 14.4. The van der Waals surface area contributed by atoms with E-state index in [1.807, 2.05) is 0 Å². The molecule has 0 atom stereocenters. The number of rotatable bonds is 12. The Hall–Kier alpha value is -2.90. The zero-order chi connectivity index (χ0) is 42.0. The lowest BCUT2D eigenvalue weighted by Gasteiger charge is -2.45. The standard InChI is InChI=1S/C18HF29O3S/c19-2-1(6(51(48,49)50)5(22)4(21)3(2)20)7(23,24)8(25,26)9(27,28)10(29,30)11(31,32)12(33,34)13(35,36)14(37,38)15(39,40)16(41,42)17(43,44)18(45,46)47/h(H,48,49,50). The van der Waals surface area contributed by atoms with Gasteiger partial charge in [-0.1, -0.05) is 0 Å². The fraction of sp³-hybridized carbons (Fsp3) is 0.667. The van der Waals surface area contributed by atoms with E-state index in [1.165, 1.54) is 0 Å². The Morgan fingerprint density at radius 2 is 0.549 bits per heavy atom. The minimum Gasteiger partial charge on any atom is -0.282 e. The van der Waals surface area contributed by atoms with E-state index in [9.17, 15) is 136 Å². The van der Waals surface area contributed by atoms with Crippen LogP contribution in [0.2, 0.25) is 0 Å². The highest BCUT2D eigenvalue weighted by atomic mass is 32.2. The molecule has 0 aliphatic heterocycles. The summed E-state index contributed by atoms with van der Waals surface area (Å²) in [5.74, 6) is -121. The minimum absolute atomic E-state index is 3.80. The molecule has 1 rings (SSSR count). The molecule has 0 radical (unpaired) electrons. The first-order valence-electron chi connectivity index (χ1n) is 10.7. The molecule has 0 unspecified atom stereocenters. The maximum Gasteiger partial charge on any atom is 0.460 e. The van der Waals surface area contributed by atoms with Crippen molar-refractivity contribution in [2.24, 2.45) is 0 Å². The number of hydrogen-bond acceptors (Lipinski definition) is 2. The molecule has 1 aromatic carbocycles. The summed E-state index contributed by atoms with van der Waals surface area (Å²) in [7, 11) is -7.46. The predicted octanol–water partition coefficient (Wildman–Crippen LogP) is 9.50. The van der Waals surface area contributed by atoms with Crippen LogP contribution in [0.5, 0.6) is 0 Å². The van der Waals surface area contributed by atoms with E-state index in [1.54, 1.807) is 0 Å². The van der Waals surface area contributed by atoms with E-state index in [2.05, 4.69) is 0 Å². The van der Waals surface area contributed by atoms with Crippen LogP contribution in [-0.4, -0.2) is 78.4 Å². The van der Waals surface area contributed by atoms with Crippen LogP contribution in [0.3, 0.4) is 0 Å². The van der Waals surface area contributed by atoms with Gasteiger partial charge in [0.05, 0.1) is 5.56 Å². The van der Waals surface area contributed by atoms with Gasteiger partial charge in [-0.3, -0.25) is 4.55 Å². The van der Waals surface area contributed by atoms with E-state index >= 15 is 0 Å². The van der Waals surface area contributed by atoms with Gasteiger partial charge in [0.15, 0.2) is 23.3 Å². The Balaban J connectivity index is 4.20. The molecule has 3 nitrogen and oxygen atoms in total. The van der Waals surface area contributed by atoms with Crippen molar-refractivity contribution in [1.29, 1.82) is 0 Å². The van der Waals surface area contributed by atoms with E-state index in [0.29, 0.717) is 0 Å². The summed E-state index contributed by atoms with van der Waals surface area (Å²) >= 11 is 0. The lowest BCUT2D eigenvalue weighted by atomic mass is 9.83. The molecule has 0 amide bonds. The zero-order valence-electron chi connectivity index (χ0n) is 21.6. The van der Waals surface area contributed by atoms with Crippen LogP contribution in [0.25, 0.3) is 0 Å². The molecule has 0 heterocycles. The molecule has 51 heavy (non-hydrogen) atoms. The highest BCUT2D eigenvalue weighted by Crippen LogP contribution is 2.68. The third-order valence-electron chi connectivity index (χ3n) is 6.10. The van der Waals surface area contributed by atoms with Gasteiger partial charge in [-0.25, -0.2) is 17.6 Å². The second-order valence-electron chi connectivity index (χ2n) is 9.25. The number of benzene rings is 1. The van der Waals surface area contributed by atoms with Crippen molar-refractivity contribution >= 4 is 10.1 Å². The van der Waals surface area contributed by atoms with E-state index in [0.717, 1.165) is 0 Å². The summed E-state index contributed by atoms with van der Waals surface area (Å²) in [6.07, 6.45) is -8.32. The molecule has 0 aliphatic rings. The van der Waals surface area contributed by atoms with Crippen LogP contribution < -0.4 is 0 Å². The van der Waals surface area contributed by atoms with Gasteiger partial charge in [-0.05, 0) is 0 Å². The van der Waals surface area contributed by atoms with Crippen molar-refractivity contribution in [3.8, 4) is 0 Å². The smallest absolute Gasteiger partial charge is 0.282 e. The van der Waals surface area contributed by atoms with E-state index in [4.69, 9.17) is 4.55 Å². The van der Waals surface area contributed by atoms with Crippen molar-refractivity contribution in [3.05, 3.63) is 28.8 Å². The highest BCUT2D eigenvalue weighted by Gasteiger charge is 2.99. The largest absolute Gasteiger partial charge is 0.460 e. The quantitative estimate of drug-likeness (QED) is 0.0988.